The van der Waals surface area contributed by atoms with Crippen molar-refractivity contribution in [2.45, 2.75) is 26.7 Å². The van der Waals surface area contributed by atoms with Gasteiger partial charge in [-0.05, 0) is 12.8 Å². The summed E-state index contributed by atoms with van der Waals surface area (Å²) >= 11 is 6.99. The predicted molar refractivity (Wildman–Crippen MR) is 73.7 cm³/mol. The van der Waals surface area contributed by atoms with Crippen LogP contribution in [0.4, 0.5) is 0 Å². The van der Waals surface area contributed by atoms with Crippen LogP contribution in [0.2, 0.25) is 0 Å². The van der Waals surface area contributed by atoms with Gasteiger partial charge in [0.1, 0.15) is 0 Å². The van der Waals surface area contributed by atoms with Crippen LogP contribution in [0, 0.1) is 5.41 Å². The van der Waals surface area contributed by atoms with Crippen molar-refractivity contribution >= 4 is 34.9 Å². The molecule has 0 bridgehead atoms. The molecule has 2 N–H and O–H groups in total. The third kappa shape index (κ3) is 2.51. The van der Waals surface area contributed by atoms with Crippen LogP contribution >= 0.6 is 24.0 Å². The second-order valence-corrected chi connectivity index (χ2v) is 5.72. The Hall–Kier alpha value is -0.290. The molecule has 5 heteroatoms. The second kappa shape index (κ2) is 5.87. The molecule has 1 heterocycles. The minimum Gasteiger partial charge on any atom is -0.392 e. The van der Waals surface area contributed by atoms with E-state index in [1.54, 1.807) is 0 Å². The maximum Gasteiger partial charge on any atom is 0.235 e. The lowest BCUT2D eigenvalue weighted by Gasteiger charge is -2.36. The zero-order chi connectivity index (χ0) is 12.2. The van der Waals surface area contributed by atoms with Crippen LogP contribution in [0.25, 0.3) is 0 Å². The number of nitrogens with two attached hydrogens (primary N) is 1. The third-order valence-electron chi connectivity index (χ3n) is 3.39. The van der Waals surface area contributed by atoms with Gasteiger partial charge in [-0.25, -0.2) is 0 Å². The Balaban J connectivity index is 2.85. The van der Waals surface area contributed by atoms with Gasteiger partial charge < -0.3 is 10.6 Å². The molecule has 3 nitrogen and oxygen atoms in total. The van der Waals surface area contributed by atoms with E-state index in [1.807, 2.05) is 30.5 Å². The Morgan fingerprint density at radius 1 is 1.38 bits per heavy atom. The van der Waals surface area contributed by atoms with E-state index in [1.165, 1.54) is 0 Å². The second-order valence-electron chi connectivity index (χ2n) is 4.06. The van der Waals surface area contributed by atoms with E-state index >= 15 is 0 Å². The summed E-state index contributed by atoms with van der Waals surface area (Å²) in [5, 5.41) is 0. The molecule has 0 radical (unpaired) electrons. The monoisotopic (exact) mass is 260 g/mol. The van der Waals surface area contributed by atoms with Gasteiger partial charge >= 0.3 is 0 Å². The van der Waals surface area contributed by atoms with Gasteiger partial charge in [-0.2, -0.15) is 11.8 Å². The van der Waals surface area contributed by atoms with Gasteiger partial charge in [0, 0.05) is 24.6 Å². The number of hydrogen-bond donors (Lipinski definition) is 1. The highest BCUT2D eigenvalue weighted by Gasteiger charge is 2.41. The summed E-state index contributed by atoms with van der Waals surface area (Å²) in [5.41, 5.74) is 5.17. The first kappa shape index (κ1) is 13.8. The lowest BCUT2D eigenvalue weighted by molar-refractivity contribution is -0.138. The van der Waals surface area contributed by atoms with E-state index in [4.69, 9.17) is 18.0 Å². The van der Waals surface area contributed by atoms with Crippen molar-refractivity contribution in [2.24, 2.45) is 11.1 Å². The lowest BCUT2D eigenvalue weighted by atomic mass is 9.80. The molecule has 0 atom stereocenters. The number of thioether (sulfide) groups is 1. The zero-order valence-electron chi connectivity index (χ0n) is 9.99. The van der Waals surface area contributed by atoms with Gasteiger partial charge in [0.15, 0.2) is 0 Å². The maximum atomic E-state index is 12.5. The molecule has 1 rings (SSSR count). The van der Waals surface area contributed by atoms with E-state index in [2.05, 4.69) is 0 Å². The molecule has 0 unspecified atom stereocenters. The first-order valence-corrected chi connectivity index (χ1v) is 7.31. The number of amides is 1. The average Bonchev–Trinajstić information content (AvgIpc) is 2.32. The summed E-state index contributed by atoms with van der Waals surface area (Å²) in [5.74, 6) is 2.17. The van der Waals surface area contributed by atoms with Crippen molar-refractivity contribution in [2.75, 3.05) is 24.6 Å². The highest BCUT2D eigenvalue weighted by molar-refractivity contribution is 7.99. The molecule has 16 heavy (non-hydrogen) atoms. The Bertz CT molecular complexity index is 271. The number of rotatable bonds is 4. The van der Waals surface area contributed by atoms with Crippen LogP contribution in [0.3, 0.4) is 0 Å². The van der Waals surface area contributed by atoms with E-state index in [-0.39, 0.29) is 5.91 Å². The summed E-state index contributed by atoms with van der Waals surface area (Å²) in [6, 6.07) is 0. The summed E-state index contributed by atoms with van der Waals surface area (Å²) in [4.78, 5) is 14.7. The van der Waals surface area contributed by atoms with Crippen LogP contribution in [0.15, 0.2) is 0 Å². The fraction of sp³-hybridized carbons (Fsp3) is 0.818. The average molecular weight is 260 g/mol. The van der Waals surface area contributed by atoms with Crippen molar-refractivity contribution in [3.05, 3.63) is 0 Å². The number of carbonyl (C=O) groups excluding carboxylic acids is 1. The number of nitrogens with zero attached hydrogens (tertiary/aromatic N) is 1. The largest absolute Gasteiger partial charge is 0.392 e. The highest BCUT2D eigenvalue weighted by atomic mass is 32.2. The van der Waals surface area contributed by atoms with Gasteiger partial charge in [0.2, 0.25) is 5.91 Å². The van der Waals surface area contributed by atoms with Crippen LogP contribution in [-0.4, -0.2) is 40.4 Å². The Kier molecular flexibility index (Phi) is 5.05. The van der Waals surface area contributed by atoms with Gasteiger partial charge in [0.05, 0.1) is 10.4 Å². The normalized spacial score (nSPS) is 17.2. The summed E-state index contributed by atoms with van der Waals surface area (Å²) < 4.78 is 0. The SMILES string of the molecule is CCC(CC)(C(=O)N1CCSCC1)C(N)=S. The predicted octanol–water partition coefficient (Wildman–Crippen LogP) is 1.65. The van der Waals surface area contributed by atoms with Crippen LogP contribution in [0.1, 0.15) is 26.7 Å². The standard InChI is InChI=1S/C11H20N2OS2/c1-3-11(4-2,9(12)15)10(14)13-5-7-16-8-6-13/h3-8H2,1-2H3,(H2,12,15). The van der Waals surface area contributed by atoms with Gasteiger partial charge in [-0.15, -0.1) is 0 Å². The lowest BCUT2D eigenvalue weighted by Crippen LogP contribution is -2.52. The Labute approximate surface area is 107 Å². The molecule has 0 aromatic heterocycles. The summed E-state index contributed by atoms with van der Waals surface area (Å²) in [6.45, 7) is 5.63. The van der Waals surface area contributed by atoms with Gasteiger partial charge in [-0.1, -0.05) is 26.1 Å². The zero-order valence-corrected chi connectivity index (χ0v) is 11.6. The van der Waals surface area contributed by atoms with Crippen molar-refractivity contribution in [3.63, 3.8) is 0 Å². The summed E-state index contributed by atoms with van der Waals surface area (Å²) in [6.07, 6.45) is 1.39. The van der Waals surface area contributed by atoms with Gasteiger partial charge in [0.25, 0.3) is 0 Å². The molecule has 1 fully saturated rings. The molecule has 1 saturated heterocycles. The number of thiocarbonyl (C=S) groups is 1. The number of carbonyl (C=O) groups is 1. The molecule has 0 spiro atoms. The molecular weight excluding hydrogens is 240 g/mol. The smallest absolute Gasteiger partial charge is 0.235 e. The molecule has 1 aliphatic heterocycles. The topological polar surface area (TPSA) is 46.3 Å². The first-order chi connectivity index (χ1) is 7.58. The first-order valence-electron chi connectivity index (χ1n) is 5.75. The molecule has 92 valence electrons. The molecular formula is C11H20N2OS2. The van der Waals surface area contributed by atoms with Crippen molar-refractivity contribution < 1.29 is 4.79 Å². The van der Waals surface area contributed by atoms with E-state index < -0.39 is 5.41 Å². The molecule has 0 aromatic carbocycles. The quantitative estimate of drug-likeness (QED) is 0.781. The molecule has 0 aromatic rings. The Morgan fingerprint density at radius 2 is 1.88 bits per heavy atom. The minimum atomic E-state index is -0.614. The maximum absolute atomic E-state index is 12.5. The van der Waals surface area contributed by atoms with Crippen LogP contribution in [0.5, 0.6) is 0 Å². The van der Waals surface area contributed by atoms with Crippen LogP contribution in [-0.2, 0) is 4.79 Å². The van der Waals surface area contributed by atoms with Gasteiger partial charge in [-0.3, -0.25) is 4.79 Å². The van der Waals surface area contributed by atoms with Crippen molar-refractivity contribution in [1.82, 2.24) is 4.90 Å². The number of hydrogen-bond acceptors (Lipinski definition) is 3. The third-order valence-corrected chi connectivity index (χ3v) is 4.72. The fourth-order valence-corrected chi connectivity index (χ4v) is 3.35. The highest BCUT2D eigenvalue weighted by Crippen LogP contribution is 2.30. The summed E-state index contributed by atoms with van der Waals surface area (Å²) in [7, 11) is 0. The Morgan fingerprint density at radius 3 is 2.25 bits per heavy atom. The van der Waals surface area contributed by atoms with E-state index in [0.29, 0.717) is 17.8 Å². The van der Waals surface area contributed by atoms with E-state index in [9.17, 15) is 4.79 Å². The van der Waals surface area contributed by atoms with Crippen molar-refractivity contribution in [3.8, 4) is 0 Å². The molecule has 0 aliphatic carbocycles. The fourth-order valence-electron chi connectivity index (χ4n) is 2.08. The minimum absolute atomic E-state index is 0.130. The van der Waals surface area contributed by atoms with Crippen molar-refractivity contribution in [1.29, 1.82) is 0 Å². The molecule has 0 saturated carbocycles. The van der Waals surface area contributed by atoms with Crippen LogP contribution < -0.4 is 5.73 Å². The molecule has 1 amide bonds. The molecule has 1 aliphatic rings. The van der Waals surface area contributed by atoms with E-state index in [0.717, 1.165) is 24.6 Å².